The Hall–Kier alpha value is -3.45. The van der Waals surface area contributed by atoms with Crippen LogP contribution >= 0.6 is 0 Å². The van der Waals surface area contributed by atoms with Crippen LogP contribution in [0.3, 0.4) is 0 Å². The molecule has 0 radical (unpaired) electrons. The van der Waals surface area contributed by atoms with Crippen LogP contribution in [0.4, 0.5) is 0 Å². The van der Waals surface area contributed by atoms with Gasteiger partial charge in [0.15, 0.2) is 11.5 Å². The molecule has 7 heteroatoms. The van der Waals surface area contributed by atoms with Gasteiger partial charge < -0.3 is 19.2 Å². The molecule has 148 valence electrons. The smallest absolute Gasteiger partial charge is 0.290 e. The van der Waals surface area contributed by atoms with Gasteiger partial charge in [-0.2, -0.15) is 0 Å². The molecule has 0 saturated carbocycles. The molecule has 1 aliphatic heterocycles. The van der Waals surface area contributed by atoms with Gasteiger partial charge in [-0.1, -0.05) is 24.3 Å². The monoisotopic (exact) mass is 392 g/mol. The van der Waals surface area contributed by atoms with E-state index in [0.717, 1.165) is 5.39 Å². The Morgan fingerprint density at radius 3 is 2.76 bits per heavy atom. The van der Waals surface area contributed by atoms with Crippen molar-refractivity contribution in [1.82, 2.24) is 9.88 Å². The number of hydrogen-bond acceptors (Lipinski definition) is 6. The van der Waals surface area contributed by atoms with Gasteiger partial charge in [0.25, 0.3) is 5.91 Å². The SMILES string of the molecule is COCCCN1C(=O)C(O)=C(C(=O)c2cc3ccccc3o2)C1c1ccccn1. The Bertz CT molecular complexity index is 1050. The topological polar surface area (TPSA) is 92.9 Å². The molecule has 4 rings (SSSR count). The average molecular weight is 392 g/mol. The van der Waals surface area contributed by atoms with Crippen LogP contribution in [-0.4, -0.2) is 46.9 Å². The van der Waals surface area contributed by atoms with Crippen molar-refractivity contribution < 1.29 is 23.8 Å². The molecule has 1 N–H and O–H groups in total. The number of pyridine rings is 1. The maximum Gasteiger partial charge on any atom is 0.290 e. The van der Waals surface area contributed by atoms with Gasteiger partial charge in [-0.15, -0.1) is 0 Å². The number of fused-ring (bicyclic) bond motifs is 1. The van der Waals surface area contributed by atoms with Gasteiger partial charge in [-0.05, 0) is 30.7 Å². The van der Waals surface area contributed by atoms with Crippen LogP contribution in [0.2, 0.25) is 0 Å². The highest BCUT2D eigenvalue weighted by atomic mass is 16.5. The van der Waals surface area contributed by atoms with Gasteiger partial charge in [0.1, 0.15) is 11.6 Å². The first kappa shape index (κ1) is 18.9. The second-order valence-corrected chi connectivity index (χ2v) is 6.74. The summed E-state index contributed by atoms with van der Waals surface area (Å²) in [7, 11) is 1.58. The number of aliphatic hydroxyl groups is 1. The third-order valence-electron chi connectivity index (χ3n) is 4.91. The van der Waals surface area contributed by atoms with Crippen molar-refractivity contribution in [3.05, 3.63) is 77.5 Å². The molecule has 1 aromatic carbocycles. The lowest BCUT2D eigenvalue weighted by atomic mass is 9.98. The number of Topliss-reactive ketones (excluding diaryl/α,β-unsaturated/α-hetero) is 1. The summed E-state index contributed by atoms with van der Waals surface area (Å²) >= 11 is 0. The highest BCUT2D eigenvalue weighted by molar-refractivity contribution is 6.15. The molecule has 1 amide bonds. The Morgan fingerprint density at radius 2 is 2.03 bits per heavy atom. The summed E-state index contributed by atoms with van der Waals surface area (Å²) in [4.78, 5) is 31.8. The molecule has 0 saturated heterocycles. The molecule has 3 aromatic rings. The number of aromatic nitrogens is 1. The fourth-order valence-electron chi connectivity index (χ4n) is 3.57. The number of aliphatic hydroxyl groups excluding tert-OH is 1. The van der Waals surface area contributed by atoms with E-state index in [4.69, 9.17) is 9.15 Å². The van der Waals surface area contributed by atoms with Gasteiger partial charge in [-0.3, -0.25) is 14.6 Å². The van der Waals surface area contributed by atoms with Crippen LogP contribution in [0.5, 0.6) is 0 Å². The molecule has 0 aliphatic carbocycles. The number of amides is 1. The maximum atomic E-state index is 13.3. The summed E-state index contributed by atoms with van der Waals surface area (Å²) in [5.74, 6) is -1.63. The molecule has 0 bridgehead atoms. The van der Waals surface area contributed by atoms with Gasteiger partial charge in [0.05, 0.1) is 11.3 Å². The summed E-state index contributed by atoms with van der Waals surface area (Å²) < 4.78 is 10.7. The van der Waals surface area contributed by atoms with E-state index in [9.17, 15) is 14.7 Å². The summed E-state index contributed by atoms with van der Waals surface area (Å²) in [5, 5.41) is 11.4. The van der Waals surface area contributed by atoms with Gasteiger partial charge in [-0.25, -0.2) is 0 Å². The van der Waals surface area contributed by atoms with Crippen LogP contribution in [0.25, 0.3) is 11.0 Å². The van der Waals surface area contributed by atoms with Crippen molar-refractivity contribution in [1.29, 1.82) is 0 Å². The van der Waals surface area contributed by atoms with E-state index in [1.165, 1.54) is 4.90 Å². The van der Waals surface area contributed by atoms with Crippen molar-refractivity contribution >= 4 is 22.7 Å². The zero-order valence-corrected chi connectivity index (χ0v) is 15.9. The molecular weight excluding hydrogens is 372 g/mol. The second-order valence-electron chi connectivity index (χ2n) is 6.74. The minimum absolute atomic E-state index is 0.0230. The maximum absolute atomic E-state index is 13.3. The number of rotatable bonds is 7. The van der Waals surface area contributed by atoms with E-state index in [-0.39, 0.29) is 11.3 Å². The highest BCUT2D eigenvalue weighted by Crippen LogP contribution is 2.38. The number of benzene rings is 1. The number of carbonyl (C=O) groups excluding carboxylic acids is 2. The minimum Gasteiger partial charge on any atom is -0.503 e. The summed E-state index contributed by atoms with van der Waals surface area (Å²) in [6.45, 7) is 0.765. The van der Waals surface area contributed by atoms with Crippen LogP contribution in [0.1, 0.15) is 28.7 Å². The second kappa shape index (κ2) is 7.89. The van der Waals surface area contributed by atoms with E-state index >= 15 is 0 Å². The molecule has 7 nitrogen and oxygen atoms in total. The molecule has 1 unspecified atom stereocenters. The van der Waals surface area contributed by atoms with E-state index in [0.29, 0.717) is 30.8 Å². The molecule has 1 atom stereocenters. The molecule has 29 heavy (non-hydrogen) atoms. The first-order valence-electron chi connectivity index (χ1n) is 9.29. The van der Waals surface area contributed by atoms with Crippen molar-refractivity contribution in [2.45, 2.75) is 12.5 Å². The van der Waals surface area contributed by atoms with Crippen LogP contribution in [0, 0.1) is 0 Å². The number of ether oxygens (including phenoxy) is 1. The van der Waals surface area contributed by atoms with E-state index < -0.39 is 23.5 Å². The largest absolute Gasteiger partial charge is 0.503 e. The minimum atomic E-state index is -0.790. The zero-order chi connectivity index (χ0) is 20.4. The third-order valence-corrected chi connectivity index (χ3v) is 4.91. The van der Waals surface area contributed by atoms with Crippen molar-refractivity contribution in [2.24, 2.45) is 0 Å². The molecule has 3 heterocycles. The Kier molecular flexibility index (Phi) is 5.14. The molecule has 2 aromatic heterocycles. The Balaban J connectivity index is 1.75. The first-order valence-corrected chi connectivity index (χ1v) is 9.29. The van der Waals surface area contributed by atoms with Crippen molar-refractivity contribution in [3.8, 4) is 0 Å². The average Bonchev–Trinajstić information content (AvgIpc) is 3.29. The van der Waals surface area contributed by atoms with E-state index in [2.05, 4.69) is 4.98 Å². The molecular formula is C22H20N2O5. The summed E-state index contributed by atoms with van der Waals surface area (Å²) in [6.07, 6.45) is 2.15. The van der Waals surface area contributed by atoms with Gasteiger partial charge in [0.2, 0.25) is 5.78 Å². The quantitative estimate of drug-likeness (QED) is 0.489. The van der Waals surface area contributed by atoms with Gasteiger partial charge >= 0.3 is 0 Å². The lowest BCUT2D eigenvalue weighted by Crippen LogP contribution is -2.33. The summed E-state index contributed by atoms with van der Waals surface area (Å²) in [5.41, 5.74) is 1.04. The van der Waals surface area contributed by atoms with Gasteiger partial charge in [0, 0.05) is 31.8 Å². The number of ketones is 1. The van der Waals surface area contributed by atoms with E-state index in [1.54, 1.807) is 43.6 Å². The Labute approximate surface area is 167 Å². The summed E-state index contributed by atoms with van der Waals surface area (Å²) in [6, 6.07) is 13.3. The number of carbonyl (C=O) groups is 2. The number of para-hydroxylation sites is 1. The zero-order valence-electron chi connectivity index (χ0n) is 15.9. The van der Waals surface area contributed by atoms with E-state index in [1.807, 2.05) is 18.2 Å². The van der Waals surface area contributed by atoms with Crippen LogP contribution < -0.4 is 0 Å². The Morgan fingerprint density at radius 1 is 1.24 bits per heavy atom. The number of hydrogen-bond donors (Lipinski definition) is 1. The highest BCUT2D eigenvalue weighted by Gasteiger charge is 2.44. The first-order chi connectivity index (χ1) is 14.1. The van der Waals surface area contributed by atoms with Crippen LogP contribution in [-0.2, 0) is 9.53 Å². The standard InChI is InChI=1S/C22H20N2O5/c1-28-12-6-11-24-19(15-8-4-5-10-23-15)18(21(26)22(24)27)20(25)17-13-14-7-2-3-9-16(14)29-17/h2-5,7-10,13,19,26H,6,11-12H2,1H3. The van der Waals surface area contributed by atoms with Crippen molar-refractivity contribution in [2.75, 3.05) is 20.3 Å². The molecule has 0 spiro atoms. The molecule has 0 fully saturated rings. The van der Waals surface area contributed by atoms with Crippen LogP contribution in [0.15, 0.2) is 70.5 Å². The number of methoxy groups -OCH3 is 1. The van der Waals surface area contributed by atoms with Crippen molar-refractivity contribution in [3.63, 3.8) is 0 Å². The predicted molar refractivity (Wildman–Crippen MR) is 105 cm³/mol. The molecule has 1 aliphatic rings. The predicted octanol–water partition coefficient (Wildman–Crippen LogP) is 3.44. The fourth-order valence-corrected chi connectivity index (χ4v) is 3.57. The lowest BCUT2D eigenvalue weighted by molar-refractivity contribution is -0.129. The fraction of sp³-hybridized carbons (Fsp3) is 0.227. The number of nitrogens with zero attached hydrogens (tertiary/aromatic N) is 2. The number of furan rings is 1. The third kappa shape index (κ3) is 3.40. The normalized spacial score (nSPS) is 16.8. The lowest BCUT2D eigenvalue weighted by Gasteiger charge is -2.25.